The van der Waals surface area contributed by atoms with E-state index >= 15 is 0 Å². The first-order valence-electron chi connectivity index (χ1n) is 10.2. The van der Waals surface area contributed by atoms with Gasteiger partial charge in [0.1, 0.15) is 0 Å². The Hall–Kier alpha value is -2.43. The summed E-state index contributed by atoms with van der Waals surface area (Å²) in [5.74, 6) is -1.71. The second kappa shape index (κ2) is 10.3. The lowest BCUT2D eigenvalue weighted by molar-refractivity contribution is -0.192. The molecule has 1 spiro atoms. The number of halogens is 3. The Kier molecular flexibility index (Phi) is 8.21. The molecule has 2 saturated heterocycles. The van der Waals surface area contributed by atoms with Gasteiger partial charge in [-0.1, -0.05) is 6.92 Å². The van der Waals surface area contributed by atoms with Gasteiger partial charge in [-0.05, 0) is 37.8 Å². The van der Waals surface area contributed by atoms with Crippen LogP contribution in [0.2, 0.25) is 0 Å². The van der Waals surface area contributed by atoms with E-state index in [0.717, 1.165) is 38.5 Å². The Morgan fingerprint density at radius 3 is 2.29 bits per heavy atom. The Balaban J connectivity index is 0.000000423. The molecule has 1 atom stereocenters. The molecule has 0 aliphatic carbocycles. The van der Waals surface area contributed by atoms with Gasteiger partial charge in [0.05, 0.1) is 6.54 Å². The highest BCUT2D eigenvalue weighted by atomic mass is 19.4. The Morgan fingerprint density at radius 1 is 1.16 bits per heavy atom. The summed E-state index contributed by atoms with van der Waals surface area (Å²) in [6.45, 7) is 6.72. The summed E-state index contributed by atoms with van der Waals surface area (Å²) in [6, 6.07) is 0. The van der Waals surface area contributed by atoms with E-state index in [4.69, 9.17) is 9.90 Å². The molecule has 0 saturated carbocycles. The predicted molar refractivity (Wildman–Crippen MR) is 109 cm³/mol. The summed E-state index contributed by atoms with van der Waals surface area (Å²) in [6.07, 6.45) is 3.34. The smallest absolute Gasteiger partial charge is 0.475 e. The van der Waals surface area contributed by atoms with Crippen molar-refractivity contribution < 1.29 is 27.9 Å². The molecule has 1 aromatic rings. The lowest BCUT2D eigenvalue weighted by atomic mass is 9.79. The van der Waals surface area contributed by atoms with Gasteiger partial charge >= 0.3 is 12.1 Å². The van der Waals surface area contributed by atoms with Crippen LogP contribution in [0.1, 0.15) is 31.7 Å². The molecular weight excluding hydrogens is 415 g/mol. The number of piperidine rings is 1. The van der Waals surface area contributed by atoms with Gasteiger partial charge in [0.25, 0.3) is 0 Å². The van der Waals surface area contributed by atoms with Crippen molar-refractivity contribution in [2.45, 2.75) is 38.8 Å². The first kappa shape index (κ1) is 24.8. The van der Waals surface area contributed by atoms with E-state index in [9.17, 15) is 18.0 Å². The maximum Gasteiger partial charge on any atom is 0.490 e. The van der Waals surface area contributed by atoms with Crippen molar-refractivity contribution in [2.24, 2.45) is 5.41 Å². The summed E-state index contributed by atoms with van der Waals surface area (Å²) < 4.78 is 31.7. The second-order valence-corrected chi connectivity index (χ2v) is 8.32. The number of alkyl halides is 3. The van der Waals surface area contributed by atoms with Crippen LogP contribution in [0.5, 0.6) is 0 Å². The number of carboxylic acids is 1. The molecule has 1 amide bonds. The molecule has 1 unspecified atom stereocenters. The van der Waals surface area contributed by atoms with Crippen LogP contribution < -0.4 is 4.90 Å². The van der Waals surface area contributed by atoms with Gasteiger partial charge in [-0.15, -0.1) is 0 Å². The van der Waals surface area contributed by atoms with Crippen LogP contribution in [0.3, 0.4) is 0 Å². The van der Waals surface area contributed by atoms with E-state index in [1.807, 2.05) is 26.5 Å². The number of hydrogen-bond donors (Lipinski definition) is 1. The van der Waals surface area contributed by atoms with Crippen LogP contribution in [0, 0.1) is 5.41 Å². The molecule has 1 aromatic heterocycles. The molecule has 2 fully saturated rings. The summed E-state index contributed by atoms with van der Waals surface area (Å²) in [5, 5.41) is 7.12. The van der Waals surface area contributed by atoms with Gasteiger partial charge in [-0.3, -0.25) is 9.69 Å². The van der Waals surface area contributed by atoms with Crippen molar-refractivity contribution in [1.29, 1.82) is 0 Å². The van der Waals surface area contributed by atoms with Crippen molar-refractivity contribution >= 4 is 17.8 Å². The second-order valence-electron chi connectivity index (χ2n) is 8.32. The molecule has 11 heteroatoms. The van der Waals surface area contributed by atoms with Crippen LogP contribution >= 0.6 is 0 Å². The zero-order valence-corrected chi connectivity index (χ0v) is 18.2. The third-order valence-corrected chi connectivity index (χ3v) is 5.66. The number of likely N-dealkylation sites (tertiary alicyclic amines) is 1. The van der Waals surface area contributed by atoms with Crippen LogP contribution in [0.15, 0.2) is 12.4 Å². The standard InChI is InChI=1S/C18H29N5O.C2HF3O2/c1-4-15-10-19-17(20-11-15)23-9-7-18(14-23)6-5-8-22(13-18)12-16(24)21(2)3;3-2(4,5)1(6)7/h10-11H,4-9,12-14H2,1-3H3;(H,6,7). The Labute approximate surface area is 180 Å². The number of carbonyl (C=O) groups excluding carboxylic acids is 1. The van der Waals surface area contributed by atoms with Crippen molar-refractivity contribution in [1.82, 2.24) is 19.8 Å². The van der Waals surface area contributed by atoms with Gasteiger partial charge in [-0.25, -0.2) is 14.8 Å². The predicted octanol–water partition coefficient (Wildman–Crippen LogP) is 2.05. The molecule has 31 heavy (non-hydrogen) atoms. The third-order valence-electron chi connectivity index (χ3n) is 5.66. The molecule has 0 bridgehead atoms. The van der Waals surface area contributed by atoms with Gasteiger partial charge in [0.2, 0.25) is 11.9 Å². The van der Waals surface area contributed by atoms with Crippen molar-refractivity contribution in [2.75, 3.05) is 51.7 Å². The number of carbonyl (C=O) groups is 2. The van der Waals surface area contributed by atoms with E-state index in [-0.39, 0.29) is 11.3 Å². The van der Waals surface area contributed by atoms with Gasteiger partial charge in [0.15, 0.2) is 0 Å². The number of aliphatic carboxylic acids is 1. The number of nitrogens with zero attached hydrogens (tertiary/aromatic N) is 5. The fourth-order valence-electron chi connectivity index (χ4n) is 3.91. The molecule has 2 aliphatic heterocycles. The topological polar surface area (TPSA) is 89.9 Å². The minimum Gasteiger partial charge on any atom is -0.475 e. The van der Waals surface area contributed by atoms with Crippen LogP contribution in [-0.4, -0.2) is 89.7 Å². The fourth-order valence-corrected chi connectivity index (χ4v) is 3.91. The first-order chi connectivity index (χ1) is 14.5. The summed E-state index contributed by atoms with van der Waals surface area (Å²) in [7, 11) is 3.66. The van der Waals surface area contributed by atoms with E-state index in [1.165, 1.54) is 24.8 Å². The number of rotatable bonds is 4. The average molecular weight is 445 g/mol. The van der Waals surface area contributed by atoms with E-state index in [2.05, 4.69) is 26.7 Å². The molecule has 174 valence electrons. The minimum absolute atomic E-state index is 0.195. The number of likely N-dealkylation sites (N-methyl/N-ethyl adjacent to an activating group) is 1. The molecule has 0 aromatic carbocycles. The lowest BCUT2D eigenvalue weighted by Gasteiger charge is -2.40. The molecular formula is C20H30F3N5O3. The van der Waals surface area contributed by atoms with E-state index in [1.54, 1.807) is 4.90 Å². The molecule has 0 radical (unpaired) electrons. The highest BCUT2D eigenvalue weighted by molar-refractivity contribution is 5.77. The number of aryl methyl sites for hydroxylation is 1. The SMILES string of the molecule is CCc1cnc(N2CCC3(CCCN(CC(=O)N(C)C)C3)C2)nc1.O=C(O)C(F)(F)F. The number of hydrogen-bond acceptors (Lipinski definition) is 6. The number of carboxylic acid groups (broad SMARTS) is 1. The van der Waals surface area contributed by atoms with E-state index in [0.29, 0.717) is 6.54 Å². The van der Waals surface area contributed by atoms with Gasteiger partial charge in [-0.2, -0.15) is 13.2 Å². The Morgan fingerprint density at radius 2 is 1.77 bits per heavy atom. The molecule has 8 nitrogen and oxygen atoms in total. The lowest BCUT2D eigenvalue weighted by Crippen LogP contribution is -2.48. The quantitative estimate of drug-likeness (QED) is 0.759. The maximum absolute atomic E-state index is 12.0. The van der Waals surface area contributed by atoms with Gasteiger partial charge < -0.3 is 14.9 Å². The molecule has 2 aliphatic rings. The zero-order chi connectivity index (χ0) is 23.2. The maximum atomic E-state index is 12.0. The first-order valence-corrected chi connectivity index (χ1v) is 10.2. The summed E-state index contributed by atoms with van der Waals surface area (Å²) in [4.78, 5) is 36.3. The average Bonchev–Trinajstić information content (AvgIpc) is 3.10. The number of aromatic nitrogens is 2. The van der Waals surface area contributed by atoms with Crippen LogP contribution in [0.25, 0.3) is 0 Å². The normalized spacial score (nSPS) is 21.5. The summed E-state index contributed by atoms with van der Waals surface area (Å²) >= 11 is 0. The highest BCUT2D eigenvalue weighted by Gasteiger charge is 2.42. The molecule has 3 rings (SSSR count). The zero-order valence-electron chi connectivity index (χ0n) is 18.2. The third kappa shape index (κ3) is 7.05. The molecule has 3 heterocycles. The van der Waals surface area contributed by atoms with Crippen LogP contribution in [-0.2, 0) is 16.0 Å². The van der Waals surface area contributed by atoms with Gasteiger partial charge in [0, 0.05) is 51.5 Å². The largest absolute Gasteiger partial charge is 0.490 e. The minimum atomic E-state index is -5.08. The Bertz CT molecular complexity index is 757. The van der Waals surface area contributed by atoms with Crippen LogP contribution in [0.4, 0.5) is 19.1 Å². The number of amides is 1. The molecule has 1 N–H and O–H groups in total. The summed E-state index contributed by atoms with van der Waals surface area (Å²) in [5.41, 5.74) is 1.47. The van der Waals surface area contributed by atoms with Crippen molar-refractivity contribution in [3.63, 3.8) is 0 Å². The van der Waals surface area contributed by atoms with Crippen molar-refractivity contribution in [3.05, 3.63) is 18.0 Å². The highest BCUT2D eigenvalue weighted by Crippen LogP contribution is 2.39. The van der Waals surface area contributed by atoms with E-state index < -0.39 is 12.1 Å². The number of anilines is 1. The fraction of sp³-hybridized carbons (Fsp3) is 0.700. The van der Waals surface area contributed by atoms with Crippen molar-refractivity contribution in [3.8, 4) is 0 Å². The monoisotopic (exact) mass is 445 g/mol.